The summed E-state index contributed by atoms with van der Waals surface area (Å²) in [7, 11) is 0. The molecule has 2 aromatic heterocycles. The molecular formula is C18H23N7O3. The number of amides is 1. The molecule has 10 nitrogen and oxygen atoms in total. The number of hydrogen-bond acceptors (Lipinski definition) is 7. The molecule has 0 spiro atoms. The lowest BCUT2D eigenvalue weighted by molar-refractivity contribution is -0.121. The van der Waals surface area contributed by atoms with Crippen LogP contribution in [-0.4, -0.2) is 36.3 Å². The molecule has 3 rings (SSSR count). The van der Waals surface area contributed by atoms with E-state index in [-0.39, 0.29) is 12.5 Å². The average molecular weight is 385 g/mol. The summed E-state index contributed by atoms with van der Waals surface area (Å²) in [4.78, 5) is 25.4. The van der Waals surface area contributed by atoms with Crippen molar-refractivity contribution in [3.8, 4) is 5.69 Å². The number of unbranched alkanes of at least 4 members (excludes halogenated alkanes) is 2. The number of aromatic nitrogens is 6. The minimum atomic E-state index is -0.544. The quantitative estimate of drug-likeness (QED) is 0.532. The Kier molecular flexibility index (Phi) is 6.30. The first-order valence-corrected chi connectivity index (χ1v) is 9.20. The number of nitrogens with zero attached hydrogens (tertiary/aromatic N) is 5. The van der Waals surface area contributed by atoms with Crippen LogP contribution in [0, 0.1) is 13.8 Å². The molecule has 0 fully saturated rings. The number of carbonyl (C=O) groups is 1. The van der Waals surface area contributed by atoms with E-state index in [0.717, 1.165) is 36.1 Å². The van der Waals surface area contributed by atoms with E-state index >= 15 is 0 Å². The molecule has 0 aliphatic rings. The van der Waals surface area contributed by atoms with Crippen LogP contribution in [0.15, 0.2) is 27.5 Å². The van der Waals surface area contributed by atoms with Gasteiger partial charge in [0.1, 0.15) is 0 Å². The third kappa shape index (κ3) is 4.90. The number of aryl methyl sites for hydroxylation is 3. The van der Waals surface area contributed by atoms with Crippen LogP contribution in [0.4, 0.5) is 0 Å². The van der Waals surface area contributed by atoms with E-state index in [9.17, 15) is 9.59 Å². The molecule has 0 saturated heterocycles. The van der Waals surface area contributed by atoms with Crippen molar-refractivity contribution in [1.82, 2.24) is 35.7 Å². The summed E-state index contributed by atoms with van der Waals surface area (Å²) < 4.78 is 6.11. The summed E-state index contributed by atoms with van der Waals surface area (Å²) in [6.07, 6.45) is 3.46. The van der Waals surface area contributed by atoms with Crippen molar-refractivity contribution in [3.05, 3.63) is 51.5 Å². The standard InChI is InChI=1S/C18H23N7O3/c1-12-7-6-8-13(2)17(12)25-15(21-23-24-25)11-19-16(26)10-5-3-4-9-14-20-18(27)28-22-14/h6-8H,3-5,9-11H2,1-2H3,(H,19,26)(H,20,22,27). The highest BCUT2D eigenvalue weighted by Gasteiger charge is 2.13. The van der Waals surface area contributed by atoms with Gasteiger partial charge in [-0.3, -0.25) is 14.3 Å². The third-order valence-corrected chi connectivity index (χ3v) is 4.43. The first-order chi connectivity index (χ1) is 13.5. The van der Waals surface area contributed by atoms with Gasteiger partial charge in [0.15, 0.2) is 11.6 Å². The van der Waals surface area contributed by atoms with E-state index in [0.29, 0.717) is 24.5 Å². The fraction of sp³-hybridized carbons (Fsp3) is 0.444. The highest BCUT2D eigenvalue weighted by Crippen LogP contribution is 2.18. The maximum atomic E-state index is 12.1. The summed E-state index contributed by atoms with van der Waals surface area (Å²) in [5.41, 5.74) is 3.06. The Morgan fingerprint density at radius 1 is 1.21 bits per heavy atom. The van der Waals surface area contributed by atoms with E-state index in [4.69, 9.17) is 0 Å². The molecule has 0 bridgehead atoms. The minimum Gasteiger partial charge on any atom is -0.349 e. The van der Waals surface area contributed by atoms with E-state index in [1.807, 2.05) is 32.0 Å². The molecule has 0 saturated carbocycles. The normalized spacial score (nSPS) is 10.9. The van der Waals surface area contributed by atoms with Crippen molar-refractivity contribution in [2.45, 2.75) is 52.5 Å². The van der Waals surface area contributed by atoms with Crippen LogP contribution in [0.2, 0.25) is 0 Å². The number of tetrazole rings is 1. The zero-order chi connectivity index (χ0) is 19.9. The number of hydrogen-bond donors (Lipinski definition) is 2. The number of aromatic amines is 1. The fourth-order valence-corrected chi connectivity index (χ4v) is 3.02. The van der Waals surface area contributed by atoms with E-state index < -0.39 is 5.76 Å². The molecule has 28 heavy (non-hydrogen) atoms. The maximum Gasteiger partial charge on any atom is 0.438 e. The molecule has 0 radical (unpaired) electrons. The molecule has 1 aromatic carbocycles. The van der Waals surface area contributed by atoms with Gasteiger partial charge in [-0.2, -0.15) is 4.68 Å². The summed E-state index contributed by atoms with van der Waals surface area (Å²) in [5, 5.41) is 18.3. The molecule has 10 heteroatoms. The molecule has 1 amide bonds. The largest absolute Gasteiger partial charge is 0.438 e. The minimum absolute atomic E-state index is 0.0501. The molecule has 148 valence electrons. The van der Waals surface area contributed by atoms with Gasteiger partial charge in [0.2, 0.25) is 5.91 Å². The Morgan fingerprint density at radius 3 is 2.71 bits per heavy atom. The lowest BCUT2D eigenvalue weighted by Gasteiger charge is -2.11. The SMILES string of the molecule is Cc1cccc(C)c1-n1nnnc1CNC(=O)CCCCCc1noc(=O)[nH]1. The van der Waals surface area contributed by atoms with Gasteiger partial charge in [-0.05, 0) is 48.2 Å². The summed E-state index contributed by atoms with van der Waals surface area (Å²) >= 11 is 0. The van der Waals surface area contributed by atoms with Gasteiger partial charge in [0.25, 0.3) is 0 Å². The van der Waals surface area contributed by atoms with Crippen LogP contribution in [0.1, 0.15) is 48.5 Å². The van der Waals surface area contributed by atoms with Crippen molar-refractivity contribution in [2.24, 2.45) is 0 Å². The number of H-pyrrole nitrogens is 1. The highest BCUT2D eigenvalue weighted by atomic mass is 16.5. The van der Waals surface area contributed by atoms with Crippen molar-refractivity contribution in [2.75, 3.05) is 0 Å². The van der Waals surface area contributed by atoms with Crippen LogP contribution in [0.5, 0.6) is 0 Å². The highest BCUT2D eigenvalue weighted by molar-refractivity contribution is 5.75. The van der Waals surface area contributed by atoms with Crippen LogP contribution < -0.4 is 11.1 Å². The molecule has 2 N–H and O–H groups in total. The fourth-order valence-electron chi connectivity index (χ4n) is 3.02. The molecule has 0 aliphatic carbocycles. The lowest BCUT2D eigenvalue weighted by atomic mass is 10.1. The average Bonchev–Trinajstić information content (AvgIpc) is 3.28. The zero-order valence-electron chi connectivity index (χ0n) is 15.9. The van der Waals surface area contributed by atoms with E-state index in [1.54, 1.807) is 4.68 Å². The summed E-state index contributed by atoms with van der Waals surface area (Å²) in [6.45, 7) is 4.27. The van der Waals surface area contributed by atoms with Gasteiger partial charge in [0, 0.05) is 12.8 Å². The first kappa shape index (κ1) is 19.5. The van der Waals surface area contributed by atoms with Crippen molar-refractivity contribution in [1.29, 1.82) is 0 Å². The first-order valence-electron chi connectivity index (χ1n) is 9.20. The van der Waals surface area contributed by atoms with E-state index in [1.165, 1.54) is 0 Å². The van der Waals surface area contributed by atoms with E-state index in [2.05, 4.69) is 35.5 Å². The monoisotopic (exact) mass is 385 g/mol. The number of rotatable bonds is 9. The second kappa shape index (κ2) is 9.07. The Bertz CT molecular complexity index is 969. The smallest absolute Gasteiger partial charge is 0.349 e. The zero-order valence-corrected chi connectivity index (χ0v) is 15.9. The Balaban J connectivity index is 1.44. The van der Waals surface area contributed by atoms with Gasteiger partial charge in [-0.15, -0.1) is 5.10 Å². The van der Waals surface area contributed by atoms with Gasteiger partial charge in [-0.1, -0.05) is 29.8 Å². The number of para-hydroxylation sites is 1. The molecule has 0 aliphatic heterocycles. The topological polar surface area (TPSA) is 132 Å². The molecule has 3 aromatic rings. The van der Waals surface area contributed by atoms with Gasteiger partial charge < -0.3 is 5.32 Å². The summed E-state index contributed by atoms with van der Waals surface area (Å²) in [6, 6.07) is 5.99. The van der Waals surface area contributed by atoms with Crippen LogP contribution in [-0.2, 0) is 17.8 Å². The number of nitrogens with one attached hydrogen (secondary N) is 2. The predicted octanol–water partition coefficient (Wildman–Crippen LogP) is 1.37. The second-order valence-electron chi connectivity index (χ2n) is 6.63. The predicted molar refractivity (Wildman–Crippen MR) is 99.8 cm³/mol. The van der Waals surface area contributed by atoms with Crippen LogP contribution >= 0.6 is 0 Å². The third-order valence-electron chi connectivity index (χ3n) is 4.43. The van der Waals surface area contributed by atoms with Gasteiger partial charge in [0.05, 0.1) is 12.2 Å². The lowest BCUT2D eigenvalue weighted by Crippen LogP contribution is -2.24. The van der Waals surface area contributed by atoms with Gasteiger partial charge in [-0.25, -0.2) is 4.79 Å². The number of benzene rings is 1. The van der Waals surface area contributed by atoms with Crippen molar-refractivity contribution in [3.63, 3.8) is 0 Å². The van der Waals surface area contributed by atoms with Crippen LogP contribution in [0.25, 0.3) is 5.69 Å². The Morgan fingerprint density at radius 2 is 2.00 bits per heavy atom. The van der Waals surface area contributed by atoms with Crippen molar-refractivity contribution < 1.29 is 9.32 Å². The molecule has 0 unspecified atom stereocenters. The molecular weight excluding hydrogens is 362 g/mol. The van der Waals surface area contributed by atoms with Crippen molar-refractivity contribution >= 4 is 5.91 Å². The number of carbonyl (C=O) groups excluding carboxylic acids is 1. The maximum absolute atomic E-state index is 12.1. The Hall–Kier alpha value is -3.30. The molecule has 2 heterocycles. The van der Waals surface area contributed by atoms with Crippen LogP contribution in [0.3, 0.4) is 0 Å². The van der Waals surface area contributed by atoms with Gasteiger partial charge >= 0.3 is 5.76 Å². The second-order valence-corrected chi connectivity index (χ2v) is 6.63. The Labute approximate surface area is 161 Å². The summed E-state index contributed by atoms with van der Waals surface area (Å²) in [5.74, 6) is 0.525. The molecule has 0 atom stereocenters.